The molecule has 0 fully saturated rings. The molecule has 0 aromatic heterocycles. The number of hydrogen-bond acceptors (Lipinski definition) is 4. The zero-order chi connectivity index (χ0) is 15.2. The Kier molecular flexibility index (Phi) is 4.61. The number of methoxy groups -OCH3 is 2. The molecule has 0 spiro atoms. The van der Waals surface area contributed by atoms with Gasteiger partial charge in [-0.2, -0.15) is 0 Å². The molecule has 1 N–H and O–H groups in total. The lowest BCUT2D eigenvalue weighted by Gasteiger charge is -2.07. The van der Waals surface area contributed by atoms with Gasteiger partial charge in [-0.05, 0) is 35.4 Å². The number of hydrogen-bond donors (Lipinski definition) is 1. The maximum atomic E-state index is 11.5. The van der Waals surface area contributed by atoms with Crippen LogP contribution in [0.2, 0.25) is 0 Å². The van der Waals surface area contributed by atoms with Crippen molar-refractivity contribution in [2.45, 2.75) is 0 Å². The van der Waals surface area contributed by atoms with E-state index in [2.05, 4.69) is 0 Å². The molecule has 0 aliphatic heterocycles. The van der Waals surface area contributed by atoms with Gasteiger partial charge < -0.3 is 14.6 Å². The Labute approximate surface area is 122 Å². The first-order valence-corrected chi connectivity index (χ1v) is 6.37. The van der Waals surface area contributed by atoms with Gasteiger partial charge in [-0.3, -0.25) is 4.79 Å². The molecule has 4 heteroatoms. The summed E-state index contributed by atoms with van der Waals surface area (Å²) in [5.41, 5.74) is 1.21. The molecule has 4 nitrogen and oxygen atoms in total. The number of benzene rings is 1. The minimum atomic E-state index is -0.410. The van der Waals surface area contributed by atoms with E-state index >= 15 is 0 Å². The number of ether oxygens (including phenoxy) is 2. The van der Waals surface area contributed by atoms with E-state index in [4.69, 9.17) is 9.47 Å². The molecular formula is C17H16O4. The van der Waals surface area contributed by atoms with Crippen LogP contribution in [0.5, 0.6) is 17.2 Å². The molecular weight excluding hydrogens is 268 g/mol. The van der Waals surface area contributed by atoms with Crippen LogP contribution in [0.4, 0.5) is 0 Å². The van der Waals surface area contributed by atoms with Crippen molar-refractivity contribution in [3.8, 4) is 17.2 Å². The molecule has 0 unspecified atom stereocenters. The summed E-state index contributed by atoms with van der Waals surface area (Å²) >= 11 is 0. The fourth-order valence-electron chi connectivity index (χ4n) is 1.86. The van der Waals surface area contributed by atoms with Crippen molar-refractivity contribution >= 4 is 12.2 Å². The first-order chi connectivity index (χ1) is 10.1. The summed E-state index contributed by atoms with van der Waals surface area (Å²) in [7, 11) is 3.16. The van der Waals surface area contributed by atoms with Crippen LogP contribution in [0.1, 0.15) is 11.1 Å². The lowest BCUT2D eigenvalue weighted by Crippen LogP contribution is -1.93. The monoisotopic (exact) mass is 284 g/mol. The van der Waals surface area contributed by atoms with Crippen molar-refractivity contribution in [2.75, 3.05) is 14.2 Å². The highest BCUT2D eigenvalue weighted by Crippen LogP contribution is 2.28. The van der Waals surface area contributed by atoms with E-state index in [1.165, 1.54) is 12.1 Å². The van der Waals surface area contributed by atoms with Crippen molar-refractivity contribution in [1.82, 2.24) is 0 Å². The summed E-state index contributed by atoms with van der Waals surface area (Å²) in [5, 5.41) is 9.35. The van der Waals surface area contributed by atoms with Crippen LogP contribution < -0.4 is 14.9 Å². The van der Waals surface area contributed by atoms with E-state index in [0.29, 0.717) is 17.1 Å². The van der Waals surface area contributed by atoms with Gasteiger partial charge in [-0.15, -0.1) is 0 Å². The van der Waals surface area contributed by atoms with Gasteiger partial charge in [0.15, 0.2) is 17.2 Å². The van der Waals surface area contributed by atoms with E-state index in [0.717, 1.165) is 5.56 Å². The third-order valence-corrected chi connectivity index (χ3v) is 2.97. The first-order valence-electron chi connectivity index (χ1n) is 6.37. The van der Waals surface area contributed by atoms with Crippen molar-refractivity contribution in [2.24, 2.45) is 0 Å². The minimum absolute atomic E-state index is 0.263. The molecule has 0 bridgehead atoms. The van der Waals surface area contributed by atoms with Gasteiger partial charge in [0.25, 0.3) is 0 Å². The second-order valence-electron chi connectivity index (χ2n) is 4.37. The van der Waals surface area contributed by atoms with Crippen LogP contribution in [0.15, 0.2) is 47.3 Å². The van der Waals surface area contributed by atoms with Gasteiger partial charge in [-0.25, -0.2) is 0 Å². The Bertz CT molecular complexity index is 720. The maximum Gasteiger partial charge on any atom is 0.220 e. The lowest BCUT2D eigenvalue weighted by atomic mass is 10.1. The minimum Gasteiger partial charge on any atom is -0.504 e. The highest BCUT2D eigenvalue weighted by atomic mass is 16.5. The average Bonchev–Trinajstić information content (AvgIpc) is 2.66. The van der Waals surface area contributed by atoms with Gasteiger partial charge >= 0.3 is 0 Å². The van der Waals surface area contributed by atoms with Gasteiger partial charge in [0, 0.05) is 0 Å². The Morgan fingerprint density at radius 3 is 2.24 bits per heavy atom. The molecule has 0 saturated heterocycles. The summed E-state index contributed by atoms with van der Waals surface area (Å²) in [6.45, 7) is 0. The predicted octanol–water partition coefficient (Wildman–Crippen LogP) is 2.94. The fourth-order valence-corrected chi connectivity index (χ4v) is 1.86. The summed E-state index contributed by atoms with van der Waals surface area (Å²) in [6.07, 6.45) is 3.65. The molecule has 0 heterocycles. The van der Waals surface area contributed by atoms with Crippen LogP contribution >= 0.6 is 0 Å². The average molecular weight is 284 g/mol. The van der Waals surface area contributed by atoms with E-state index in [1.54, 1.807) is 32.4 Å². The SMILES string of the molecule is COc1ccc(/C=C\c2cccc(O)c(=O)c2)cc1OC. The molecule has 2 rings (SSSR count). The Morgan fingerprint density at radius 1 is 0.905 bits per heavy atom. The molecule has 0 aliphatic carbocycles. The second-order valence-corrected chi connectivity index (χ2v) is 4.37. The van der Waals surface area contributed by atoms with E-state index in [-0.39, 0.29) is 5.75 Å². The van der Waals surface area contributed by atoms with E-state index < -0.39 is 5.43 Å². The topological polar surface area (TPSA) is 55.8 Å². The Balaban J connectivity index is 2.32. The summed E-state index contributed by atoms with van der Waals surface area (Å²) < 4.78 is 10.4. The van der Waals surface area contributed by atoms with Gasteiger partial charge in [0.1, 0.15) is 0 Å². The van der Waals surface area contributed by atoms with Crippen molar-refractivity contribution in [3.05, 3.63) is 63.8 Å². The normalized spacial score (nSPS) is 10.6. The highest BCUT2D eigenvalue weighted by Gasteiger charge is 2.02. The fraction of sp³-hybridized carbons (Fsp3) is 0.118. The van der Waals surface area contributed by atoms with Crippen molar-refractivity contribution in [1.29, 1.82) is 0 Å². The van der Waals surface area contributed by atoms with E-state index in [1.807, 2.05) is 24.3 Å². The largest absolute Gasteiger partial charge is 0.504 e. The van der Waals surface area contributed by atoms with E-state index in [9.17, 15) is 9.90 Å². The predicted molar refractivity (Wildman–Crippen MR) is 82.9 cm³/mol. The molecule has 0 radical (unpaired) electrons. The van der Waals surface area contributed by atoms with Gasteiger partial charge in [0.05, 0.1) is 14.2 Å². The molecule has 0 amide bonds. The number of aromatic hydroxyl groups is 1. The molecule has 2 aromatic carbocycles. The summed E-state index contributed by atoms with van der Waals surface area (Å²) in [5.74, 6) is 1.04. The Morgan fingerprint density at radius 2 is 1.57 bits per heavy atom. The zero-order valence-corrected chi connectivity index (χ0v) is 11.9. The second kappa shape index (κ2) is 6.61. The number of rotatable bonds is 4. The third kappa shape index (κ3) is 3.63. The standard InChI is InChI=1S/C17H16O4/c1-20-16-9-8-13(11-17(16)21-2)7-6-12-4-3-5-14(18)15(19)10-12/h3-11H,1-2H3,(H,18,19)/b7-6-. The van der Waals surface area contributed by atoms with Crippen molar-refractivity contribution in [3.63, 3.8) is 0 Å². The quantitative estimate of drug-likeness (QED) is 0.938. The first kappa shape index (κ1) is 14.7. The molecule has 2 aromatic rings. The molecule has 0 saturated carbocycles. The smallest absolute Gasteiger partial charge is 0.220 e. The summed E-state index contributed by atoms with van der Waals surface area (Å²) in [6, 6.07) is 11.7. The van der Waals surface area contributed by atoms with Crippen LogP contribution in [0, 0.1) is 0 Å². The third-order valence-electron chi connectivity index (χ3n) is 2.97. The van der Waals surface area contributed by atoms with Gasteiger partial charge in [-0.1, -0.05) is 30.4 Å². The van der Waals surface area contributed by atoms with Crippen LogP contribution in [0.25, 0.3) is 12.2 Å². The van der Waals surface area contributed by atoms with Gasteiger partial charge in [0.2, 0.25) is 5.43 Å². The lowest BCUT2D eigenvalue weighted by molar-refractivity contribution is 0.355. The zero-order valence-electron chi connectivity index (χ0n) is 11.9. The highest BCUT2D eigenvalue weighted by molar-refractivity contribution is 5.70. The Hall–Kier alpha value is -2.75. The molecule has 21 heavy (non-hydrogen) atoms. The van der Waals surface area contributed by atoms with Crippen LogP contribution in [-0.4, -0.2) is 19.3 Å². The summed E-state index contributed by atoms with van der Waals surface area (Å²) in [4.78, 5) is 11.5. The van der Waals surface area contributed by atoms with Crippen molar-refractivity contribution < 1.29 is 14.6 Å². The maximum absolute atomic E-state index is 11.5. The molecule has 0 atom stereocenters. The molecule has 0 aliphatic rings. The molecule has 108 valence electrons. The van der Waals surface area contributed by atoms with Crippen LogP contribution in [0.3, 0.4) is 0 Å². The van der Waals surface area contributed by atoms with Crippen LogP contribution in [-0.2, 0) is 0 Å².